The highest BCUT2D eigenvalue weighted by Gasteiger charge is 2.23. The standard InChI is InChI=1S/C20H24ClN3O2/c1-13(8-16-9-17(21)5-6-19(16)25)11-24-7-3-4-15(12-24)18-10-20(26)23-14(2)22-18/h5-6,8-10,15,25H,3-4,7,11-12H2,1-2H3,(H,22,23,26)/b13-8+. The van der Waals surface area contributed by atoms with Gasteiger partial charge in [0.25, 0.3) is 5.56 Å². The van der Waals surface area contributed by atoms with Crippen molar-refractivity contribution in [2.75, 3.05) is 19.6 Å². The van der Waals surface area contributed by atoms with Crippen LogP contribution in [0.1, 0.15) is 42.8 Å². The molecule has 1 aromatic heterocycles. The predicted octanol–water partition coefficient (Wildman–Crippen LogP) is 3.72. The third-order valence-corrected chi connectivity index (χ3v) is 4.90. The molecule has 1 fully saturated rings. The average Bonchev–Trinajstić information content (AvgIpc) is 2.57. The number of phenolic OH excluding ortho intramolecular Hbond substituents is 1. The molecule has 2 N–H and O–H groups in total. The number of aryl methyl sites for hydroxylation is 1. The molecular weight excluding hydrogens is 350 g/mol. The van der Waals surface area contributed by atoms with Crippen LogP contribution in [0.15, 0.2) is 34.6 Å². The van der Waals surface area contributed by atoms with Gasteiger partial charge in [0.05, 0.1) is 5.69 Å². The fraction of sp³-hybridized carbons (Fsp3) is 0.400. The van der Waals surface area contributed by atoms with E-state index in [2.05, 4.69) is 21.8 Å². The van der Waals surface area contributed by atoms with Gasteiger partial charge in [0.1, 0.15) is 11.6 Å². The molecule has 3 rings (SSSR count). The third kappa shape index (κ3) is 4.74. The predicted molar refractivity (Wildman–Crippen MR) is 105 cm³/mol. The van der Waals surface area contributed by atoms with Crippen molar-refractivity contribution in [1.29, 1.82) is 0 Å². The van der Waals surface area contributed by atoms with Crippen LogP contribution in [0.2, 0.25) is 5.02 Å². The van der Waals surface area contributed by atoms with Crippen molar-refractivity contribution >= 4 is 17.7 Å². The van der Waals surface area contributed by atoms with Crippen molar-refractivity contribution in [2.24, 2.45) is 0 Å². The highest BCUT2D eigenvalue weighted by molar-refractivity contribution is 6.30. The Bertz CT molecular complexity index is 876. The zero-order valence-corrected chi connectivity index (χ0v) is 15.9. The van der Waals surface area contributed by atoms with Gasteiger partial charge < -0.3 is 10.1 Å². The maximum atomic E-state index is 11.7. The number of aromatic nitrogens is 2. The summed E-state index contributed by atoms with van der Waals surface area (Å²) < 4.78 is 0. The van der Waals surface area contributed by atoms with E-state index in [1.807, 2.05) is 13.0 Å². The van der Waals surface area contributed by atoms with Crippen molar-refractivity contribution < 1.29 is 5.11 Å². The maximum Gasteiger partial charge on any atom is 0.251 e. The Hall–Kier alpha value is -2.11. The molecule has 6 heteroatoms. The van der Waals surface area contributed by atoms with E-state index in [0.29, 0.717) is 10.8 Å². The van der Waals surface area contributed by atoms with E-state index in [1.165, 1.54) is 0 Å². The zero-order valence-electron chi connectivity index (χ0n) is 15.1. The number of phenols is 1. The summed E-state index contributed by atoms with van der Waals surface area (Å²) >= 11 is 6.02. The molecule has 0 radical (unpaired) electrons. The molecule has 0 amide bonds. The second-order valence-electron chi connectivity index (χ2n) is 7.02. The largest absolute Gasteiger partial charge is 0.507 e. The number of aromatic hydroxyl groups is 1. The SMILES string of the molecule is C/C(=C\c1cc(Cl)ccc1O)CN1CCCC(c2cc(=O)[nH]c(C)n2)C1. The van der Waals surface area contributed by atoms with Crippen LogP contribution in [0, 0.1) is 6.92 Å². The van der Waals surface area contributed by atoms with Gasteiger partial charge >= 0.3 is 0 Å². The Morgan fingerprint density at radius 2 is 2.27 bits per heavy atom. The Morgan fingerprint density at radius 1 is 1.46 bits per heavy atom. The van der Waals surface area contributed by atoms with E-state index >= 15 is 0 Å². The van der Waals surface area contributed by atoms with Crippen LogP contribution in [0.5, 0.6) is 5.75 Å². The van der Waals surface area contributed by atoms with Crippen molar-refractivity contribution in [2.45, 2.75) is 32.6 Å². The van der Waals surface area contributed by atoms with Crippen LogP contribution >= 0.6 is 11.6 Å². The lowest BCUT2D eigenvalue weighted by Gasteiger charge is -2.32. The molecule has 26 heavy (non-hydrogen) atoms. The number of piperidine rings is 1. The molecule has 1 aliphatic rings. The lowest BCUT2D eigenvalue weighted by atomic mass is 9.94. The van der Waals surface area contributed by atoms with Gasteiger partial charge in [-0.3, -0.25) is 9.69 Å². The van der Waals surface area contributed by atoms with Crippen LogP contribution in [-0.4, -0.2) is 39.6 Å². The fourth-order valence-electron chi connectivity index (χ4n) is 3.56. The Labute approximate surface area is 158 Å². The number of halogens is 1. The van der Waals surface area contributed by atoms with Gasteiger partial charge in [-0.05, 0) is 51.4 Å². The first-order chi connectivity index (χ1) is 12.4. The summed E-state index contributed by atoms with van der Waals surface area (Å²) in [4.78, 5) is 21.3. The summed E-state index contributed by atoms with van der Waals surface area (Å²) in [7, 11) is 0. The molecule has 1 atom stereocenters. The molecule has 1 aromatic carbocycles. The van der Waals surface area contributed by atoms with Gasteiger partial charge in [0.15, 0.2) is 0 Å². The molecule has 0 spiro atoms. The number of benzene rings is 1. The molecule has 5 nitrogen and oxygen atoms in total. The molecule has 2 aromatic rings. The van der Waals surface area contributed by atoms with E-state index in [0.717, 1.165) is 49.3 Å². The lowest BCUT2D eigenvalue weighted by Crippen LogP contribution is -2.36. The summed E-state index contributed by atoms with van der Waals surface area (Å²) in [5.74, 6) is 1.17. The Morgan fingerprint density at radius 3 is 3.04 bits per heavy atom. The maximum absolute atomic E-state index is 11.7. The first-order valence-electron chi connectivity index (χ1n) is 8.86. The number of aromatic amines is 1. The Kier molecular flexibility index (Phi) is 5.79. The van der Waals surface area contributed by atoms with Crippen LogP contribution in [0.25, 0.3) is 6.08 Å². The fourth-order valence-corrected chi connectivity index (χ4v) is 3.74. The monoisotopic (exact) mass is 373 g/mol. The number of nitrogens with zero attached hydrogens (tertiary/aromatic N) is 2. The molecule has 1 unspecified atom stereocenters. The molecule has 1 aliphatic heterocycles. The van der Waals surface area contributed by atoms with Crippen molar-refractivity contribution in [1.82, 2.24) is 14.9 Å². The normalized spacial score (nSPS) is 18.9. The quantitative estimate of drug-likeness (QED) is 0.856. The first kappa shape index (κ1) is 18.7. The van der Waals surface area contributed by atoms with E-state index in [-0.39, 0.29) is 17.2 Å². The third-order valence-electron chi connectivity index (χ3n) is 4.67. The van der Waals surface area contributed by atoms with Gasteiger partial charge in [-0.2, -0.15) is 0 Å². The van der Waals surface area contributed by atoms with E-state index in [4.69, 9.17) is 11.6 Å². The zero-order chi connectivity index (χ0) is 18.7. The highest BCUT2D eigenvalue weighted by Crippen LogP contribution is 2.27. The average molecular weight is 374 g/mol. The number of H-pyrrole nitrogens is 1. The summed E-state index contributed by atoms with van der Waals surface area (Å²) in [5.41, 5.74) is 2.68. The van der Waals surface area contributed by atoms with Gasteiger partial charge in [-0.25, -0.2) is 4.98 Å². The van der Waals surface area contributed by atoms with Gasteiger partial charge in [0, 0.05) is 35.7 Å². The smallest absolute Gasteiger partial charge is 0.251 e. The minimum Gasteiger partial charge on any atom is -0.507 e. The van der Waals surface area contributed by atoms with E-state index in [1.54, 1.807) is 24.3 Å². The minimum absolute atomic E-state index is 0.0860. The molecule has 2 heterocycles. The molecule has 1 saturated heterocycles. The van der Waals surface area contributed by atoms with E-state index in [9.17, 15) is 9.90 Å². The number of likely N-dealkylation sites (tertiary alicyclic amines) is 1. The number of rotatable bonds is 4. The van der Waals surface area contributed by atoms with Gasteiger partial charge in [-0.15, -0.1) is 0 Å². The summed E-state index contributed by atoms with van der Waals surface area (Å²) in [5, 5.41) is 10.6. The summed E-state index contributed by atoms with van der Waals surface area (Å²) in [6.07, 6.45) is 4.10. The van der Waals surface area contributed by atoms with Crippen LogP contribution in [0.3, 0.4) is 0 Å². The van der Waals surface area contributed by atoms with Crippen molar-refractivity contribution in [3.05, 3.63) is 62.3 Å². The number of hydrogen-bond donors (Lipinski definition) is 2. The van der Waals surface area contributed by atoms with Crippen LogP contribution in [0.4, 0.5) is 0 Å². The van der Waals surface area contributed by atoms with Gasteiger partial charge in [-0.1, -0.05) is 23.3 Å². The number of hydrogen-bond acceptors (Lipinski definition) is 4. The second-order valence-corrected chi connectivity index (χ2v) is 7.46. The summed E-state index contributed by atoms with van der Waals surface area (Å²) in [6.45, 7) is 6.58. The minimum atomic E-state index is -0.0860. The molecule has 138 valence electrons. The van der Waals surface area contributed by atoms with Crippen LogP contribution in [-0.2, 0) is 0 Å². The van der Waals surface area contributed by atoms with Crippen LogP contribution < -0.4 is 5.56 Å². The molecular formula is C20H24ClN3O2. The molecule has 0 bridgehead atoms. The summed E-state index contributed by atoms with van der Waals surface area (Å²) in [6, 6.07) is 6.67. The lowest BCUT2D eigenvalue weighted by molar-refractivity contribution is 0.222. The molecule has 0 saturated carbocycles. The second kappa shape index (κ2) is 8.06. The van der Waals surface area contributed by atoms with Crippen molar-refractivity contribution in [3.8, 4) is 5.75 Å². The molecule has 0 aliphatic carbocycles. The number of nitrogens with one attached hydrogen (secondary N) is 1. The van der Waals surface area contributed by atoms with Gasteiger partial charge in [0.2, 0.25) is 0 Å². The first-order valence-corrected chi connectivity index (χ1v) is 9.24. The highest BCUT2D eigenvalue weighted by atomic mass is 35.5. The van der Waals surface area contributed by atoms with Crippen molar-refractivity contribution in [3.63, 3.8) is 0 Å². The van der Waals surface area contributed by atoms with E-state index < -0.39 is 0 Å². The topological polar surface area (TPSA) is 69.2 Å². The Balaban J connectivity index is 1.70.